The summed E-state index contributed by atoms with van der Waals surface area (Å²) in [5, 5.41) is 2.80. The third-order valence-corrected chi connectivity index (χ3v) is 5.64. The first-order valence-electron chi connectivity index (χ1n) is 10.7. The van der Waals surface area contributed by atoms with Crippen LogP contribution in [0.1, 0.15) is 24.6 Å². The fourth-order valence-electron chi connectivity index (χ4n) is 3.97. The highest BCUT2D eigenvalue weighted by atomic mass is 19.4. The summed E-state index contributed by atoms with van der Waals surface area (Å²) in [5.74, 6) is -4.56. The van der Waals surface area contributed by atoms with Crippen molar-refractivity contribution in [2.45, 2.75) is 31.5 Å². The van der Waals surface area contributed by atoms with Crippen LogP contribution >= 0.6 is 0 Å². The second-order valence-electron chi connectivity index (χ2n) is 8.28. The summed E-state index contributed by atoms with van der Waals surface area (Å²) >= 11 is 0. The van der Waals surface area contributed by atoms with Gasteiger partial charge in [-0.2, -0.15) is 13.2 Å². The van der Waals surface area contributed by atoms with Gasteiger partial charge in [0.15, 0.2) is 5.69 Å². The molecule has 1 aliphatic rings. The maximum Gasteiger partial charge on any atom is 0.434 e. The van der Waals surface area contributed by atoms with Crippen molar-refractivity contribution < 1.29 is 26.7 Å². The lowest BCUT2D eigenvalue weighted by molar-refractivity contribution is -0.148. The van der Waals surface area contributed by atoms with Crippen LogP contribution in [0.2, 0.25) is 0 Å². The van der Waals surface area contributed by atoms with Gasteiger partial charge in [0.25, 0.3) is 11.8 Å². The number of alkyl halides is 5. The van der Waals surface area contributed by atoms with E-state index in [9.17, 15) is 26.7 Å². The molecular formula is C23H25F5N6O. The van der Waals surface area contributed by atoms with Gasteiger partial charge in [0, 0.05) is 31.8 Å². The Morgan fingerprint density at radius 3 is 2.51 bits per heavy atom. The highest BCUT2D eigenvalue weighted by Crippen LogP contribution is 2.35. The number of nitrogens with one attached hydrogen (secondary N) is 1. The van der Waals surface area contributed by atoms with Gasteiger partial charge >= 0.3 is 6.18 Å². The maximum absolute atomic E-state index is 14.5. The number of benzene rings is 1. The lowest BCUT2D eigenvalue weighted by Gasteiger charge is -2.43. The molecule has 2 unspecified atom stereocenters. The van der Waals surface area contributed by atoms with Crippen LogP contribution < -0.4 is 11.1 Å². The zero-order valence-electron chi connectivity index (χ0n) is 19.1. The number of carbonyl (C=O) groups excluding carboxylic acids is 1. The molecule has 2 atom stereocenters. The number of halogens is 5. The molecule has 1 aromatic carbocycles. The van der Waals surface area contributed by atoms with Gasteiger partial charge in [-0.1, -0.05) is 37.3 Å². The van der Waals surface area contributed by atoms with Gasteiger partial charge in [-0.25, -0.2) is 18.7 Å². The topological polar surface area (TPSA) is 96.5 Å². The average Bonchev–Trinajstić information content (AvgIpc) is 2.80. The molecule has 3 N–H and O–H groups in total. The highest BCUT2D eigenvalue weighted by Gasteiger charge is 2.46. The van der Waals surface area contributed by atoms with Gasteiger partial charge in [-0.15, -0.1) is 0 Å². The van der Waals surface area contributed by atoms with Crippen molar-refractivity contribution in [1.82, 2.24) is 14.9 Å². The molecule has 12 heteroatoms. The van der Waals surface area contributed by atoms with Crippen molar-refractivity contribution >= 4 is 23.5 Å². The monoisotopic (exact) mass is 496 g/mol. The third kappa shape index (κ3) is 6.31. The Bertz CT molecular complexity index is 1090. The summed E-state index contributed by atoms with van der Waals surface area (Å²) in [5.41, 5.74) is 5.66. The van der Waals surface area contributed by atoms with Crippen LogP contribution in [0.5, 0.6) is 0 Å². The number of allylic oxidation sites excluding steroid dienone is 1. The Hall–Kier alpha value is -3.57. The number of hydrogen-bond acceptors (Lipinski definition) is 6. The second-order valence-corrected chi connectivity index (χ2v) is 8.28. The summed E-state index contributed by atoms with van der Waals surface area (Å²) in [6, 6.07) is 7.96. The first-order chi connectivity index (χ1) is 16.4. The van der Waals surface area contributed by atoms with Crippen molar-refractivity contribution in [3.05, 3.63) is 59.7 Å². The minimum Gasteiger partial charge on any atom is -0.394 e. The minimum absolute atomic E-state index is 0.0153. The third-order valence-electron chi connectivity index (χ3n) is 5.64. The van der Waals surface area contributed by atoms with Crippen molar-refractivity contribution in [3.63, 3.8) is 0 Å². The smallest absolute Gasteiger partial charge is 0.394 e. The van der Waals surface area contributed by atoms with Crippen LogP contribution in [0.4, 0.5) is 27.8 Å². The van der Waals surface area contributed by atoms with Crippen molar-refractivity contribution in [2.24, 2.45) is 16.6 Å². The van der Waals surface area contributed by atoms with E-state index in [-0.39, 0.29) is 18.1 Å². The SMILES string of the molecule is CN=CC(=C(N)C(=O)N1CC(F)(F)CC(C)C1CNc1cnc(C(F)(F)F)cn1)c1ccccc1. The number of hydrogen-bond donors (Lipinski definition) is 2. The molecule has 1 saturated heterocycles. The molecule has 0 spiro atoms. The largest absolute Gasteiger partial charge is 0.434 e. The van der Waals surface area contributed by atoms with E-state index < -0.39 is 48.6 Å². The predicted octanol–water partition coefficient (Wildman–Crippen LogP) is 3.85. The van der Waals surface area contributed by atoms with Crippen LogP contribution in [0.25, 0.3) is 5.57 Å². The first kappa shape index (κ1) is 26.0. The zero-order chi connectivity index (χ0) is 25.8. The number of nitrogens with zero attached hydrogens (tertiary/aromatic N) is 4. The van der Waals surface area contributed by atoms with Gasteiger partial charge in [0.2, 0.25) is 0 Å². The Kier molecular flexibility index (Phi) is 7.71. The zero-order valence-corrected chi connectivity index (χ0v) is 19.1. The number of rotatable bonds is 6. The molecule has 3 rings (SSSR count). The standard InChI is InChI=1S/C23H25F5N6O/c1-14-8-22(24,25)13-34(17(14)10-32-19-12-31-18(11-33-19)23(26,27)28)21(35)20(29)16(9-30-2)15-6-4-3-5-7-15/h3-7,9,11-12,14,17H,8,10,13,29H2,1-2H3,(H,32,33). The van der Waals surface area contributed by atoms with Crippen LogP contribution in [0.3, 0.4) is 0 Å². The van der Waals surface area contributed by atoms with E-state index in [4.69, 9.17) is 5.73 Å². The van der Waals surface area contributed by atoms with Crippen LogP contribution in [-0.4, -0.2) is 59.1 Å². The Morgan fingerprint density at radius 2 is 1.94 bits per heavy atom. The number of piperidine rings is 1. The molecule has 0 radical (unpaired) electrons. The molecule has 188 valence electrons. The minimum atomic E-state index is -4.64. The van der Waals surface area contributed by atoms with Gasteiger partial charge in [-0.3, -0.25) is 9.79 Å². The number of aromatic nitrogens is 2. The van der Waals surface area contributed by atoms with Gasteiger partial charge in [0.1, 0.15) is 11.5 Å². The molecule has 1 amide bonds. The molecule has 0 aliphatic carbocycles. The fourth-order valence-corrected chi connectivity index (χ4v) is 3.97. The van der Waals surface area contributed by atoms with E-state index in [2.05, 4.69) is 20.3 Å². The van der Waals surface area contributed by atoms with E-state index in [0.29, 0.717) is 17.3 Å². The van der Waals surface area contributed by atoms with Gasteiger partial charge in [0.05, 0.1) is 25.0 Å². The van der Waals surface area contributed by atoms with E-state index >= 15 is 0 Å². The number of amides is 1. The van der Waals surface area contributed by atoms with E-state index in [1.165, 1.54) is 13.3 Å². The van der Waals surface area contributed by atoms with Crippen molar-refractivity contribution in [2.75, 3.05) is 25.5 Å². The summed E-state index contributed by atoms with van der Waals surface area (Å²) in [6.07, 6.45) is -2.25. The Morgan fingerprint density at radius 1 is 1.26 bits per heavy atom. The fraction of sp³-hybridized carbons (Fsp3) is 0.391. The van der Waals surface area contributed by atoms with Crippen LogP contribution in [0.15, 0.2) is 53.4 Å². The van der Waals surface area contributed by atoms with E-state index in [1.54, 1.807) is 37.3 Å². The molecule has 1 aromatic heterocycles. The molecule has 1 fully saturated rings. The van der Waals surface area contributed by atoms with Crippen molar-refractivity contribution in [1.29, 1.82) is 0 Å². The number of aliphatic imine (C=N–C) groups is 1. The molecule has 1 aliphatic heterocycles. The van der Waals surface area contributed by atoms with Crippen LogP contribution in [-0.2, 0) is 11.0 Å². The summed E-state index contributed by atoms with van der Waals surface area (Å²) in [6.45, 7) is 0.676. The maximum atomic E-state index is 14.5. The van der Waals surface area contributed by atoms with Crippen molar-refractivity contribution in [3.8, 4) is 0 Å². The summed E-state index contributed by atoms with van der Waals surface area (Å²) in [4.78, 5) is 25.3. The number of anilines is 1. The average molecular weight is 496 g/mol. The van der Waals surface area contributed by atoms with Gasteiger partial charge in [-0.05, 0) is 11.5 Å². The van der Waals surface area contributed by atoms with E-state index in [0.717, 1.165) is 11.1 Å². The quantitative estimate of drug-likeness (QED) is 0.360. The normalized spacial score (nSPS) is 21.1. The summed E-state index contributed by atoms with van der Waals surface area (Å²) in [7, 11) is 1.50. The molecule has 0 saturated carbocycles. The van der Waals surface area contributed by atoms with Crippen LogP contribution in [0, 0.1) is 5.92 Å². The Balaban J connectivity index is 1.88. The lowest BCUT2D eigenvalue weighted by Crippen LogP contribution is -2.58. The number of carbonyl (C=O) groups is 1. The van der Waals surface area contributed by atoms with Gasteiger partial charge < -0.3 is 16.0 Å². The molecule has 35 heavy (non-hydrogen) atoms. The van der Waals surface area contributed by atoms with E-state index in [1.807, 2.05) is 0 Å². The molecule has 7 nitrogen and oxygen atoms in total. The molecular weight excluding hydrogens is 471 g/mol. The second kappa shape index (κ2) is 10.4. The number of likely N-dealkylation sites (tertiary alicyclic amines) is 1. The molecule has 2 aromatic rings. The Labute approximate surface area is 199 Å². The molecule has 0 bridgehead atoms. The molecule has 2 heterocycles. The first-order valence-corrected chi connectivity index (χ1v) is 10.7. The highest BCUT2D eigenvalue weighted by molar-refractivity contribution is 6.18. The predicted molar refractivity (Wildman–Crippen MR) is 122 cm³/mol. The summed E-state index contributed by atoms with van der Waals surface area (Å²) < 4.78 is 67.1. The number of nitrogens with two attached hydrogens (primary N) is 1. The lowest BCUT2D eigenvalue weighted by atomic mass is 9.88.